The van der Waals surface area contributed by atoms with Crippen molar-refractivity contribution in [2.24, 2.45) is 0 Å². The van der Waals surface area contributed by atoms with E-state index < -0.39 is 41.3 Å². The quantitative estimate of drug-likeness (QED) is 0.234. The van der Waals surface area contributed by atoms with Crippen LogP contribution in [-0.2, 0) is 37.1 Å². The standard InChI is InChI=1S/C31H29N3O8S/c1-40-22-14-12-20(13-15-22)16-41-30(38)26-23(35)18-43-29-25(28(37)34(26)29)32-27(36)24(21-10-6-3-7-11-21)33-31(39)42-17-19-8-4-2-5-9-19/h2-15,24-25,29,35H,16-18H2,1H3,(H,32,36)(H,33,39)/t24?,25-,29-/m0/s1. The number of carbonyl (C=O) groups is 4. The molecule has 3 atom stereocenters. The number of β-lactam (4-membered cyclic amide) rings is 1. The molecule has 3 amide bonds. The minimum Gasteiger partial charge on any atom is -0.509 e. The van der Waals surface area contributed by atoms with Crippen molar-refractivity contribution in [3.8, 4) is 5.75 Å². The number of thioether (sulfide) groups is 1. The summed E-state index contributed by atoms with van der Waals surface area (Å²) in [5.74, 6) is -1.68. The summed E-state index contributed by atoms with van der Waals surface area (Å²) in [6.07, 6.45) is -0.809. The molecule has 0 radical (unpaired) electrons. The molecule has 5 rings (SSSR count). The maximum Gasteiger partial charge on any atom is 0.408 e. The van der Waals surface area contributed by atoms with Crippen LogP contribution in [0.1, 0.15) is 22.7 Å². The third kappa shape index (κ3) is 6.75. The summed E-state index contributed by atoms with van der Waals surface area (Å²) < 4.78 is 15.8. The summed E-state index contributed by atoms with van der Waals surface area (Å²) >= 11 is 1.19. The van der Waals surface area contributed by atoms with Crippen LogP contribution < -0.4 is 15.4 Å². The van der Waals surface area contributed by atoms with Crippen molar-refractivity contribution in [3.63, 3.8) is 0 Å². The maximum atomic E-state index is 13.4. The molecule has 1 saturated heterocycles. The Labute approximate surface area is 251 Å². The number of hydrogen-bond acceptors (Lipinski definition) is 9. The molecule has 2 aliphatic heterocycles. The van der Waals surface area contributed by atoms with Crippen molar-refractivity contribution in [1.82, 2.24) is 15.5 Å². The summed E-state index contributed by atoms with van der Waals surface area (Å²) in [5.41, 5.74) is 1.70. The summed E-state index contributed by atoms with van der Waals surface area (Å²) in [6, 6.07) is 22.4. The summed E-state index contributed by atoms with van der Waals surface area (Å²) in [5, 5.41) is 15.1. The summed E-state index contributed by atoms with van der Waals surface area (Å²) in [7, 11) is 1.54. The average molecular weight is 604 g/mol. The molecule has 2 aliphatic rings. The molecule has 3 aromatic rings. The van der Waals surface area contributed by atoms with Gasteiger partial charge in [-0.3, -0.25) is 14.5 Å². The van der Waals surface area contributed by atoms with E-state index in [0.29, 0.717) is 16.9 Å². The lowest BCUT2D eigenvalue weighted by atomic mass is 10.0. The second-order valence-corrected chi connectivity index (χ2v) is 10.8. The number of nitrogens with one attached hydrogen (secondary N) is 2. The van der Waals surface area contributed by atoms with Crippen LogP contribution in [0.25, 0.3) is 0 Å². The van der Waals surface area contributed by atoms with E-state index in [9.17, 15) is 24.3 Å². The molecule has 12 heteroatoms. The lowest BCUT2D eigenvalue weighted by Gasteiger charge is -2.49. The first kappa shape index (κ1) is 29.5. The van der Waals surface area contributed by atoms with Gasteiger partial charge in [0.05, 0.1) is 12.9 Å². The Morgan fingerprint density at radius 2 is 1.56 bits per heavy atom. The van der Waals surface area contributed by atoms with Crippen LogP contribution in [0.4, 0.5) is 4.79 Å². The first-order valence-electron chi connectivity index (χ1n) is 13.3. The molecule has 11 nitrogen and oxygen atoms in total. The molecule has 3 N–H and O–H groups in total. The fourth-order valence-electron chi connectivity index (χ4n) is 4.60. The number of hydrogen-bond donors (Lipinski definition) is 3. The van der Waals surface area contributed by atoms with Crippen LogP contribution in [0.15, 0.2) is 96.4 Å². The first-order chi connectivity index (χ1) is 20.9. The Balaban J connectivity index is 1.23. The number of fused-ring (bicyclic) bond motifs is 1. The zero-order chi connectivity index (χ0) is 30.3. The number of aliphatic hydroxyl groups is 1. The highest BCUT2D eigenvalue weighted by atomic mass is 32.2. The van der Waals surface area contributed by atoms with Gasteiger partial charge in [0.2, 0.25) is 5.91 Å². The Morgan fingerprint density at radius 1 is 0.930 bits per heavy atom. The number of benzene rings is 3. The predicted octanol–water partition coefficient (Wildman–Crippen LogP) is 3.58. The molecule has 43 heavy (non-hydrogen) atoms. The Kier molecular flexibility index (Phi) is 9.16. The number of amides is 3. The highest BCUT2D eigenvalue weighted by Crippen LogP contribution is 2.40. The number of esters is 1. The van der Waals surface area contributed by atoms with E-state index in [0.717, 1.165) is 10.5 Å². The van der Waals surface area contributed by atoms with Gasteiger partial charge in [0, 0.05) is 0 Å². The number of carbonyl (C=O) groups excluding carboxylic acids is 4. The van der Waals surface area contributed by atoms with E-state index in [1.165, 1.54) is 11.8 Å². The maximum absolute atomic E-state index is 13.4. The van der Waals surface area contributed by atoms with Crippen molar-refractivity contribution in [2.45, 2.75) is 30.7 Å². The summed E-state index contributed by atoms with van der Waals surface area (Å²) in [4.78, 5) is 53.3. The van der Waals surface area contributed by atoms with Gasteiger partial charge in [-0.05, 0) is 28.8 Å². The van der Waals surface area contributed by atoms with E-state index >= 15 is 0 Å². The van der Waals surface area contributed by atoms with E-state index in [4.69, 9.17) is 14.2 Å². The SMILES string of the molecule is COc1ccc(COC(=O)C2=C(O)CS[C@H]3[C@@H](NC(=O)C(NC(=O)OCc4ccccc4)c4ccccc4)C(=O)N23)cc1. The number of nitrogens with zero attached hydrogens (tertiary/aromatic N) is 1. The largest absolute Gasteiger partial charge is 0.509 e. The Morgan fingerprint density at radius 3 is 2.23 bits per heavy atom. The van der Waals surface area contributed by atoms with E-state index in [-0.39, 0.29) is 30.4 Å². The molecule has 1 fully saturated rings. The van der Waals surface area contributed by atoms with Crippen LogP contribution >= 0.6 is 11.8 Å². The third-order valence-electron chi connectivity index (χ3n) is 6.84. The van der Waals surface area contributed by atoms with Crippen LogP contribution in [0, 0.1) is 0 Å². The topological polar surface area (TPSA) is 144 Å². The van der Waals surface area contributed by atoms with Gasteiger partial charge in [-0.15, -0.1) is 11.8 Å². The Hall–Kier alpha value is -4.97. The zero-order valence-corrected chi connectivity index (χ0v) is 23.9. The molecular formula is C31H29N3O8S. The number of alkyl carbamates (subject to hydrolysis) is 1. The molecule has 222 valence electrons. The van der Waals surface area contributed by atoms with E-state index in [1.807, 2.05) is 18.2 Å². The monoisotopic (exact) mass is 603 g/mol. The van der Waals surface area contributed by atoms with Gasteiger partial charge in [-0.2, -0.15) is 0 Å². The van der Waals surface area contributed by atoms with Gasteiger partial charge >= 0.3 is 12.1 Å². The van der Waals surface area contributed by atoms with Crippen molar-refractivity contribution >= 4 is 35.6 Å². The normalized spacial score (nSPS) is 18.1. The van der Waals surface area contributed by atoms with E-state index in [2.05, 4.69) is 10.6 Å². The van der Waals surface area contributed by atoms with Crippen LogP contribution in [0.3, 0.4) is 0 Å². The van der Waals surface area contributed by atoms with Gasteiger partial charge in [-0.25, -0.2) is 9.59 Å². The minimum absolute atomic E-state index is 0.0117. The van der Waals surface area contributed by atoms with Crippen molar-refractivity contribution in [1.29, 1.82) is 0 Å². The van der Waals surface area contributed by atoms with Gasteiger partial charge in [-0.1, -0.05) is 72.8 Å². The van der Waals surface area contributed by atoms with Gasteiger partial charge in [0.15, 0.2) is 5.70 Å². The molecule has 1 unspecified atom stereocenters. The number of aliphatic hydroxyl groups excluding tert-OH is 1. The first-order valence-corrected chi connectivity index (χ1v) is 14.4. The van der Waals surface area contributed by atoms with Crippen molar-refractivity contribution in [3.05, 3.63) is 113 Å². The summed E-state index contributed by atoms with van der Waals surface area (Å²) in [6.45, 7) is -0.0673. The number of ether oxygens (including phenoxy) is 3. The molecule has 0 aliphatic carbocycles. The number of methoxy groups -OCH3 is 1. The van der Waals surface area contributed by atoms with Crippen LogP contribution in [0.2, 0.25) is 0 Å². The second-order valence-electron chi connectivity index (χ2n) is 9.67. The predicted molar refractivity (Wildman–Crippen MR) is 156 cm³/mol. The van der Waals surface area contributed by atoms with Crippen LogP contribution in [0.5, 0.6) is 5.75 Å². The Bertz CT molecular complexity index is 1520. The lowest BCUT2D eigenvalue weighted by molar-refractivity contribution is -0.154. The minimum atomic E-state index is -1.15. The molecule has 2 heterocycles. The smallest absolute Gasteiger partial charge is 0.408 e. The second kappa shape index (κ2) is 13.3. The fourth-order valence-corrected chi connectivity index (χ4v) is 5.80. The molecule has 0 bridgehead atoms. The van der Waals surface area contributed by atoms with Crippen molar-refractivity contribution < 1.29 is 38.5 Å². The fraction of sp³-hybridized carbons (Fsp3) is 0.226. The van der Waals surface area contributed by atoms with Crippen molar-refractivity contribution in [2.75, 3.05) is 12.9 Å². The molecular weight excluding hydrogens is 574 g/mol. The molecule has 0 spiro atoms. The highest BCUT2D eigenvalue weighted by Gasteiger charge is 2.55. The van der Waals surface area contributed by atoms with E-state index in [1.54, 1.807) is 73.8 Å². The lowest BCUT2D eigenvalue weighted by Crippen LogP contribution is -2.71. The highest BCUT2D eigenvalue weighted by molar-refractivity contribution is 8.00. The van der Waals surface area contributed by atoms with Gasteiger partial charge < -0.3 is 30.0 Å². The van der Waals surface area contributed by atoms with Gasteiger partial charge in [0.1, 0.15) is 42.2 Å². The average Bonchev–Trinajstić information content (AvgIpc) is 3.04. The molecule has 0 saturated carbocycles. The van der Waals surface area contributed by atoms with Crippen LogP contribution in [-0.4, -0.2) is 58.2 Å². The van der Waals surface area contributed by atoms with Gasteiger partial charge in [0.25, 0.3) is 5.91 Å². The molecule has 3 aromatic carbocycles. The zero-order valence-electron chi connectivity index (χ0n) is 23.1. The molecule has 0 aromatic heterocycles. The number of rotatable bonds is 10. The third-order valence-corrected chi connectivity index (χ3v) is 8.10.